The van der Waals surface area contributed by atoms with E-state index >= 15 is 0 Å². The number of hydrogen-bond acceptors (Lipinski definition) is 5. The Kier molecular flexibility index (Phi) is 101. The third-order valence-corrected chi connectivity index (χ3v) is 9.04. The maximum Gasteiger partial charge on any atom is 0.337 e. The van der Waals surface area contributed by atoms with Crippen LogP contribution in [-0.2, 0) is 30.1 Å². The van der Waals surface area contributed by atoms with Crippen molar-refractivity contribution in [2.75, 3.05) is 7.11 Å². The molecule has 0 unspecified atom stereocenters. The second-order valence-electron chi connectivity index (χ2n) is 13.3. The number of alkyl halides is 1. The van der Waals surface area contributed by atoms with E-state index in [4.69, 9.17) is 22.0 Å². The van der Waals surface area contributed by atoms with Crippen LogP contribution in [0.2, 0.25) is 0 Å². The Morgan fingerprint density at radius 1 is 0.476 bits per heavy atom. The van der Waals surface area contributed by atoms with Gasteiger partial charge in [0, 0.05) is 15.9 Å². The molecule has 8 aromatic carbocycles. The number of esters is 1. The number of rotatable bonds is 6. The summed E-state index contributed by atoms with van der Waals surface area (Å²) in [5.74, 6) is 0.321. The Balaban J connectivity index is -0.000000102. The molecule has 5 nitrogen and oxygen atoms in total. The first-order valence-electron chi connectivity index (χ1n) is 28.8. The van der Waals surface area contributed by atoms with Crippen LogP contribution < -0.4 is 0 Å². The Morgan fingerprint density at radius 3 is 0.951 bits per heavy atom. The van der Waals surface area contributed by atoms with Gasteiger partial charge in [0.2, 0.25) is 0 Å². The molecule has 0 heterocycles. The van der Waals surface area contributed by atoms with Crippen molar-refractivity contribution in [1.82, 2.24) is 0 Å². The number of nitriles is 1. The van der Waals surface area contributed by atoms with Gasteiger partial charge in [-0.15, -0.1) is 11.6 Å². The Labute approximate surface area is 518 Å². The van der Waals surface area contributed by atoms with Gasteiger partial charge in [-0.2, -0.15) is 5.26 Å². The fourth-order valence-corrected chi connectivity index (χ4v) is 5.21. The highest BCUT2D eigenvalue weighted by Gasteiger charge is 2.00. The number of carbonyl (C=O) groups excluding carboxylic acids is 2. The van der Waals surface area contributed by atoms with E-state index in [0.29, 0.717) is 17.9 Å². The summed E-state index contributed by atoms with van der Waals surface area (Å²) < 4.78 is 5.63. The van der Waals surface area contributed by atoms with Crippen LogP contribution in [0.3, 0.4) is 0 Å². The van der Waals surface area contributed by atoms with Crippen LogP contribution in [0, 0.1) is 18.3 Å². The van der Waals surface area contributed by atoms with E-state index in [2.05, 4.69) is 77.0 Å². The molecular formula is C75H111BrClNO4. The summed E-state index contributed by atoms with van der Waals surface area (Å²) >= 11 is 8.84. The molecule has 0 spiro atoms. The molecule has 0 radical (unpaired) electrons. The minimum absolute atomic E-state index is 0. The van der Waals surface area contributed by atoms with E-state index in [1.807, 2.05) is 281 Å². The van der Waals surface area contributed by atoms with Crippen molar-refractivity contribution in [3.05, 3.63) is 286 Å². The van der Waals surface area contributed by atoms with Crippen LogP contribution in [0.5, 0.6) is 0 Å². The van der Waals surface area contributed by atoms with Crippen LogP contribution in [0.15, 0.2) is 247 Å². The fourth-order valence-electron chi connectivity index (χ4n) is 4.72. The zero-order valence-electron chi connectivity index (χ0n) is 53.4. The van der Waals surface area contributed by atoms with Crippen molar-refractivity contribution in [3.8, 4) is 6.07 Å². The average molecular weight is 1210 g/mol. The van der Waals surface area contributed by atoms with Crippen molar-refractivity contribution in [3.63, 3.8) is 0 Å². The molecular weight excluding hydrogens is 1090 g/mol. The summed E-state index contributed by atoms with van der Waals surface area (Å²) in [4.78, 5) is 20.8. The molecule has 8 aromatic rings. The van der Waals surface area contributed by atoms with Gasteiger partial charge in [0.1, 0.15) is 6.29 Å². The summed E-state index contributed by atoms with van der Waals surface area (Å²) in [5.41, 5.74) is 7.27. The number of hydrogen-bond donors (Lipinski definition) is 1. The van der Waals surface area contributed by atoms with Crippen molar-refractivity contribution < 1.29 is 19.4 Å². The molecule has 0 fully saturated rings. The van der Waals surface area contributed by atoms with Gasteiger partial charge < -0.3 is 9.84 Å². The first-order valence-corrected chi connectivity index (χ1v) is 30.2. The SMILES string of the molecule is Brc1ccccc1.C.CC.CC.CC.CC.CC.CC.CC.CC.CCc1ccccc1.COC(=O)c1ccccc1.Cc1ccccc1.ClCc1ccccc1.N#CCc1ccccc1.O=Cc1ccccc1.OCc1ccccc1. The normalized spacial score (nSPS) is 7.57. The predicted octanol–water partition coefficient (Wildman–Crippen LogP) is 23.9. The number of ether oxygens (including phenoxy) is 1. The van der Waals surface area contributed by atoms with Gasteiger partial charge in [-0.1, -0.05) is 365 Å². The second kappa shape index (κ2) is 88.0. The molecule has 7 heteroatoms. The van der Waals surface area contributed by atoms with E-state index < -0.39 is 0 Å². The predicted molar refractivity (Wildman–Crippen MR) is 372 cm³/mol. The van der Waals surface area contributed by atoms with Gasteiger partial charge in [-0.25, -0.2) is 4.79 Å². The summed E-state index contributed by atoms with van der Waals surface area (Å²) in [6, 6.07) is 79.9. The minimum atomic E-state index is -0.291. The number of benzene rings is 8. The summed E-state index contributed by atoms with van der Waals surface area (Å²) in [6.45, 7) is 36.4. The van der Waals surface area contributed by atoms with Crippen LogP contribution in [-0.4, -0.2) is 24.5 Å². The van der Waals surface area contributed by atoms with Gasteiger partial charge in [0.15, 0.2) is 0 Å². The molecule has 454 valence electrons. The highest BCUT2D eigenvalue weighted by Crippen LogP contribution is 2.05. The van der Waals surface area contributed by atoms with Crippen molar-refractivity contribution in [2.24, 2.45) is 0 Å². The van der Waals surface area contributed by atoms with Crippen molar-refractivity contribution in [2.45, 2.75) is 157 Å². The van der Waals surface area contributed by atoms with E-state index in [0.717, 1.165) is 33.9 Å². The van der Waals surface area contributed by atoms with Gasteiger partial charge in [-0.3, -0.25) is 4.79 Å². The van der Waals surface area contributed by atoms with Crippen molar-refractivity contribution in [1.29, 1.82) is 5.26 Å². The molecule has 0 aromatic heterocycles. The highest BCUT2D eigenvalue weighted by molar-refractivity contribution is 9.10. The minimum Gasteiger partial charge on any atom is -0.465 e. The Morgan fingerprint density at radius 2 is 0.756 bits per heavy atom. The Hall–Kier alpha value is -6.88. The topological polar surface area (TPSA) is 87.4 Å². The second-order valence-corrected chi connectivity index (χ2v) is 14.4. The summed E-state index contributed by atoms with van der Waals surface area (Å²) in [6.07, 6.45) is 2.49. The number of carbonyl (C=O) groups is 2. The average Bonchev–Trinajstić information content (AvgIpc) is 3.59. The van der Waals surface area contributed by atoms with Crippen LogP contribution in [0.4, 0.5) is 0 Å². The summed E-state index contributed by atoms with van der Waals surface area (Å²) in [7, 11) is 1.37. The number of aryl methyl sites for hydroxylation is 2. The maximum absolute atomic E-state index is 10.8. The van der Waals surface area contributed by atoms with E-state index in [9.17, 15) is 9.59 Å². The van der Waals surface area contributed by atoms with Gasteiger partial charge in [-0.05, 0) is 59.9 Å². The number of methoxy groups -OCH3 is 1. The largest absolute Gasteiger partial charge is 0.465 e. The molecule has 0 aliphatic heterocycles. The third kappa shape index (κ3) is 69.2. The van der Waals surface area contributed by atoms with Gasteiger partial charge in [0.25, 0.3) is 0 Å². The molecule has 1 N–H and O–H groups in total. The number of nitrogens with zero attached hydrogens (tertiary/aromatic N) is 1. The highest BCUT2D eigenvalue weighted by atomic mass is 79.9. The molecule has 0 saturated carbocycles. The molecule has 0 amide bonds. The third-order valence-electron chi connectivity index (χ3n) is 8.20. The van der Waals surface area contributed by atoms with Crippen LogP contribution >= 0.6 is 27.5 Å². The lowest BCUT2D eigenvalue weighted by atomic mass is 10.2. The molecule has 8 rings (SSSR count). The molecule has 0 bridgehead atoms. The molecule has 0 saturated heterocycles. The van der Waals surface area contributed by atoms with Crippen molar-refractivity contribution >= 4 is 39.8 Å². The van der Waals surface area contributed by atoms with E-state index in [1.54, 1.807) is 36.4 Å². The van der Waals surface area contributed by atoms with Crippen LogP contribution in [0.25, 0.3) is 0 Å². The molecule has 0 atom stereocenters. The lowest BCUT2D eigenvalue weighted by Crippen LogP contribution is -1.99. The number of aliphatic hydroxyl groups is 1. The lowest BCUT2D eigenvalue weighted by Gasteiger charge is -1.95. The molecule has 82 heavy (non-hydrogen) atoms. The fraction of sp³-hybridized carbons (Fsp3) is 0.320. The first kappa shape index (κ1) is 94.4. The lowest BCUT2D eigenvalue weighted by molar-refractivity contribution is 0.0600. The summed E-state index contributed by atoms with van der Waals surface area (Å²) in [5, 5.41) is 16.8. The zero-order chi connectivity index (χ0) is 63.4. The smallest absolute Gasteiger partial charge is 0.337 e. The van der Waals surface area contributed by atoms with E-state index in [1.165, 1.54) is 23.8 Å². The molecule has 0 aliphatic carbocycles. The zero-order valence-corrected chi connectivity index (χ0v) is 55.7. The van der Waals surface area contributed by atoms with Gasteiger partial charge >= 0.3 is 5.97 Å². The monoisotopic (exact) mass is 1200 g/mol. The standard InChI is InChI=1S/C8H7N.C8H8O2.C8H10.C7H7Cl.C7H8O.C7H6O.C7H8.C6H5Br.8C2H6.CH4/c9-7-6-8-4-2-1-3-5-8;1-10-8(9)7-5-3-2-4-6-7;1-2-8-6-4-3-5-7-8;3*8-6-7-4-2-1-3-5-7;1-7-5-3-2-4-6-7;7-6-4-2-1-3-5-6;8*1-2;/h1-5H,6H2;2-6H,1H3;3-7H,2H2,1H3;1-5H,6H2;1-5,8H,6H2;1-6H;2-6H,1H3;1-5H;8*1-2H3;1H4. The molecule has 0 aliphatic rings. The first-order chi connectivity index (χ1) is 39.8. The maximum atomic E-state index is 10.8. The quantitative estimate of drug-likeness (QED) is 0.102. The van der Waals surface area contributed by atoms with Crippen LogP contribution in [0.1, 0.15) is 174 Å². The number of aliphatic hydroxyl groups excluding tert-OH is 1. The van der Waals surface area contributed by atoms with E-state index in [-0.39, 0.29) is 20.0 Å². The van der Waals surface area contributed by atoms with Gasteiger partial charge in [0.05, 0.1) is 31.8 Å². The Bertz CT molecular complexity index is 2190. The number of halogens is 2. The number of aldehydes is 1.